The molecule has 3 aromatic carbocycles. The maximum absolute atomic E-state index is 5.02. The van der Waals surface area contributed by atoms with Crippen molar-refractivity contribution >= 4 is 17.5 Å². The fourth-order valence-electron chi connectivity index (χ4n) is 4.37. The molecule has 170 valence electrons. The molecule has 33 heavy (non-hydrogen) atoms. The Labute approximate surface area is 199 Å². The third-order valence-electron chi connectivity index (χ3n) is 6.41. The van der Waals surface area contributed by atoms with Gasteiger partial charge in [0.15, 0.2) is 0 Å². The molecule has 1 atom stereocenters. The maximum Gasteiger partial charge on any atom is 0.0831 e. The van der Waals surface area contributed by atoms with Gasteiger partial charge in [-0.15, -0.1) is 0 Å². The fourth-order valence-corrected chi connectivity index (χ4v) is 4.37. The van der Waals surface area contributed by atoms with Crippen molar-refractivity contribution in [2.75, 3.05) is 5.01 Å². The van der Waals surface area contributed by atoms with Crippen LogP contribution in [0.2, 0.25) is 0 Å². The van der Waals surface area contributed by atoms with Crippen LogP contribution in [0.3, 0.4) is 0 Å². The minimum Gasteiger partial charge on any atom is -0.257 e. The highest BCUT2D eigenvalue weighted by Gasteiger charge is 2.28. The first-order valence-corrected chi connectivity index (χ1v) is 12.5. The molecule has 0 bridgehead atoms. The first-order chi connectivity index (χ1) is 16.3. The van der Waals surface area contributed by atoms with Crippen LogP contribution < -0.4 is 5.01 Å². The number of nitrogens with zero attached hydrogens (tertiary/aromatic N) is 2. The lowest BCUT2D eigenvalue weighted by molar-refractivity contribution is 0.708. The van der Waals surface area contributed by atoms with E-state index in [-0.39, 0.29) is 6.04 Å². The highest BCUT2D eigenvalue weighted by Crippen LogP contribution is 2.35. The number of aryl methyl sites for hydroxylation is 2. The molecule has 0 saturated carbocycles. The van der Waals surface area contributed by atoms with Gasteiger partial charge in [0.2, 0.25) is 0 Å². The summed E-state index contributed by atoms with van der Waals surface area (Å²) in [5, 5.41) is 7.21. The van der Waals surface area contributed by atoms with Crippen molar-refractivity contribution < 1.29 is 0 Å². The number of benzene rings is 3. The number of hydrogen-bond acceptors (Lipinski definition) is 2. The second kappa shape index (κ2) is 11.7. The number of hydrogen-bond donors (Lipinski definition) is 0. The monoisotopic (exact) mass is 436 g/mol. The van der Waals surface area contributed by atoms with Gasteiger partial charge in [0.05, 0.1) is 17.4 Å². The Balaban J connectivity index is 1.51. The van der Waals surface area contributed by atoms with Gasteiger partial charge in [0.25, 0.3) is 0 Å². The molecule has 0 spiro atoms. The normalized spacial score (nSPS) is 15.9. The Morgan fingerprint density at radius 2 is 1.36 bits per heavy atom. The molecule has 1 aliphatic rings. The molecule has 0 fully saturated rings. The van der Waals surface area contributed by atoms with Crippen molar-refractivity contribution in [1.29, 1.82) is 0 Å². The van der Waals surface area contributed by atoms with E-state index in [4.69, 9.17) is 5.10 Å². The molecule has 0 amide bonds. The Hall–Kier alpha value is -3.13. The zero-order chi connectivity index (χ0) is 22.9. The average molecular weight is 437 g/mol. The van der Waals surface area contributed by atoms with Crippen LogP contribution >= 0.6 is 0 Å². The lowest BCUT2D eigenvalue weighted by Gasteiger charge is -2.24. The Morgan fingerprint density at radius 3 is 1.97 bits per heavy atom. The lowest BCUT2D eigenvalue weighted by atomic mass is 9.98. The fraction of sp³-hybridized carbons (Fsp3) is 0.323. The molecule has 0 N–H and O–H groups in total. The van der Waals surface area contributed by atoms with Crippen LogP contribution in [-0.2, 0) is 12.8 Å². The van der Waals surface area contributed by atoms with Gasteiger partial charge in [-0.05, 0) is 66.1 Å². The van der Waals surface area contributed by atoms with Crippen LogP contribution in [0.25, 0.3) is 6.08 Å². The summed E-state index contributed by atoms with van der Waals surface area (Å²) >= 11 is 0. The summed E-state index contributed by atoms with van der Waals surface area (Å²) < 4.78 is 0. The summed E-state index contributed by atoms with van der Waals surface area (Å²) in [6, 6.07) is 28.9. The summed E-state index contributed by atoms with van der Waals surface area (Å²) in [4.78, 5) is 0. The van der Waals surface area contributed by atoms with E-state index in [1.165, 1.54) is 47.9 Å². The van der Waals surface area contributed by atoms with E-state index in [1.54, 1.807) is 0 Å². The molecule has 1 unspecified atom stereocenters. The lowest BCUT2D eigenvalue weighted by Crippen LogP contribution is -2.18. The molecule has 1 aliphatic heterocycles. The Morgan fingerprint density at radius 1 is 0.758 bits per heavy atom. The number of para-hydroxylation sites is 1. The van der Waals surface area contributed by atoms with Crippen LogP contribution in [0.4, 0.5) is 5.69 Å². The van der Waals surface area contributed by atoms with Crippen molar-refractivity contribution in [3.05, 3.63) is 107 Å². The Bertz CT molecular complexity index is 1050. The largest absolute Gasteiger partial charge is 0.257 e. The smallest absolute Gasteiger partial charge is 0.0831 e. The first-order valence-electron chi connectivity index (χ1n) is 12.5. The minimum absolute atomic E-state index is 0.226. The molecule has 3 aromatic rings. The van der Waals surface area contributed by atoms with Gasteiger partial charge >= 0.3 is 0 Å². The van der Waals surface area contributed by atoms with E-state index < -0.39 is 0 Å². The number of allylic oxidation sites excluding steroid dienone is 1. The topological polar surface area (TPSA) is 15.6 Å². The molecular weight excluding hydrogens is 400 g/mol. The van der Waals surface area contributed by atoms with Crippen LogP contribution in [0.5, 0.6) is 0 Å². The second-order valence-electron chi connectivity index (χ2n) is 9.01. The number of anilines is 1. The summed E-state index contributed by atoms with van der Waals surface area (Å²) in [6.07, 6.45) is 12.6. The van der Waals surface area contributed by atoms with Gasteiger partial charge in [0.1, 0.15) is 0 Å². The van der Waals surface area contributed by atoms with Crippen molar-refractivity contribution in [3.63, 3.8) is 0 Å². The van der Waals surface area contributed by atoms with E-state index in [0.717, 1.165) is 30.7 Å². The molecule has 0 aromatic heterocycles. The predicted octanol–water partition coefficient (Wildman–Crippen LogP) is 8.39. The van der Waals surface area contributed by atoms with Crippen molar-refractivity contribution in [2.45, 2.75) is 64.8 Å². The number of rotatable bonds is 10. The molecule has 0 aliphatic carbocycles. The van der Waals surface area contributed by atoms with Gasteiger partial charge in [-0.2, -0.15) is 5.10 Å². The predicted molar refractivity (Wildman–Crippen MR) is 143 cm³/mol. The maximum atomic E-state index is 5.02. The molecule has 1 heterocycles. The van der Waals surface area contributed by atoms with Crippen LogP contribution in [0.1, 0.15) is 74.2 Å². The summed E-state index contributed by atoms with van der Waals surface area (Å²) in [5.74, 6) is 0. The van der Waals surface area contributed by atoms with E-state index in [9.17, 15) is 0 Å². The SMILES string of the molecule is CCCCc1ccc(C=CC2=NN(c3ccccc3)C(c3ccc(CCCC)cc3)C2)cc1. The van der Waals surface area contributed by atoms with Crippen LogP contribution in [0.15, 0.2) is 90.0 Å². The average Bonchev–Trinajstić information content (AvgIpc) is 3.31. The van der Waals surface area contributed by atoms with Crippen molar-refractivity contribution in [1.82, 2.24) is 0 Å². The van der Waals surface area contributed by atoms with E-state index in [2.05, 4.69) is 110 Å². The minimum atomic E-state index is 0.226. The van der Waals surface area contributed by atoms with Crippen molar-refractivity contribution in [2.24, 2.45) is 5.10 Å². The zero-order valence-corrected chi connectivity index (χ0v) is 20.1. The van der Waals surface area contributed by atoms with E-state index in [0.29, 0.717) is 0 Å². The molecule has 0 saturated heterocycles. The van der Waals surface area contributed by atoms with Gasteiger partial charge in [-0.25, -0.2) is 0 Å². The highest BCUT2D eigenvalue weighted by atomic mass is 15.5. The van der Waals surface area contributed by atoms with Gasteiger partial charge < -0.3 is 0 Å². The molecular formula is C31H36N2. The summed E-state index contributed by atoms with van der Waals surface area (Å²) in [5.41, 5.74) is 7.66. The van der Waals surface area contributed by atoms with Crippen molar-refractivity contribution in [3.8, 4) is 0 Å². The van der Waals surface area contributed by atoms with Crippen LogP contribution in [-0.4, -0.2) is 5.71 Å². The third-order valence-corrected chi connectivity index (χ3v) is 6.41. The number of unbranched alkanes of at least 4 members (excludes halogenated alkanes) is 2. The summed E-state index contributed by atoms with van der Waals surface area (Å²) in [7, 11) is 0. The zero-order valence-electron chi connectivity index (χ0n) is 20.1. The summed E-state index contributed by atoms with van der Waals surface area (Å²) in [6.45, 7) is 4.49. The second-order valence-corrected chi connectivity index (χ2v) is 9.01. The van der Waals surface area contributed by atoms with Crippen LogP contribution in [0, 0.1) is 0 Å². The van der Waals surface area contributed by atoms with Gasteiger partial charge in [-0.3, -0.25) is 5.01 Å². The van der Waals surface area contributed by atoms with E-state index in [1.807, 2.05) is 0 Å². The highest BCUT2D eigenvalue weighted by molar-refractivity contribution is 6.01. The Kier molecular flexibility index (Phi) is 8.14. The third kappa shape index (κ3) is 6.22. The molecule has 2 nitrogen and oxygen atoms in total. The first kappa shape index (κ1) is 23.0. The van der Waals surface area contributed by atoms with Gasteiger partial charge in [-0.1, -0.05) is 99.5 Å². The molecule has 2 heteroatoms. The standard InChI is InChI=1S/C31H36N2/c1-3-5-10-25-14-16-27(17-15-25)20-23-29-24-31(33(32-29)30-12-8-7-9-13-30)28-21-18-26(19-22-28)11-6-4-2/h7-9,12-23,31H,3-6,10-11,24H2,1-2H3. The quantitative estimate of drug-likeness (QED) is 0.311. The van der Waals surface area contributed by atoms with Gasteiger partial charge in [0, 0.05) is 6.42 Å². The van der Waals surface area contributed by atoms with E-state index >= 15 is 0 Å². The molecule has 4 rings (SSSR count). The number of hydrazone groups is 1. The molecule has 0 radical (unpaired) electrons.